The van der Waals surface area contributed by atoms with Crippen molar-refractivity contribution in [2.24, 2.45) is 4.99 Å². The average molecular weight is 386 g/mol. The van der Waals surface area contributed by atoms with E-state index in [4.69, 9.17) is 0 Å². The van der Waals surface area contributed by atoms with Crippen LogP contribution in [0.1, 0.15) is 24.8 Å². The average Bonchev–Trinajstić information content (AvgIpc) is 2.68. The fraction of sp³-hybridized carbons (Fsp3) is 0.400. The number of carbonyl (C=O) groups is 1. The smallest absolute Gasteiger partial charge is 0.332 e. The van der Waals surface area contributed by atoms with Crippen molar-refractivity contribution >= 4 is 18.1 Å². The van der Waals surface area contributed by atoms with E-state index in [9.17, 15) is 14.4 Å². The summed E-state index contributed by atoms with van der Waals surface area (Å²) in [5.74, 6) is 0.000528. The van der Waals surface area contributed by atoms with Crippen molar-refractivity contribution in [3.8, 4) is 0 Å². The summed E-state index contributed by atoms with van der Waals surface area (Å²) in [6, 6.07) is 10.9. The van der Waals surface area contributed by atoms with Crippen LogP contribution >= 0.6 is 0 Å². The van der Waals surface area contributed by atoms with Crippen molar-refractivity contribution in [1.29, 1.82) is 0 Å². The number of aromatic nitrogens is 2. The summed E-state index contributed by atoms with van der Waals surface area (Å²) in [4.78, 5) is 42.7. The molecule has 0 spiro atoms. The third kappa shape index (κ3) is 5.94. The van der Waals surface area contributed by atoms with E-state index in [1.807, 2.05) is 44.4 Å². The van der Waals surface area contributed by atoms with Gasteiger partial charge in [-0.05, 0) is 18.4 Å². The van der Waals surface area contributed by atoms with E-state index in [1.165, 1.54) is 22.3 Å². The number of ether oxygens (including phenoxy) is 1. The van der Waals surface area contributed by atoms with Crippen molar-refractivity contribution in [2.45, 2.75) is 32.4 Å². The number of methoxy groups -OCH3 is 1. The molecule has 2 aromatic rings. The van der Waals surface area contributed by atoms with Gasteiger partial charge in [-0.3, -0.25) is 18.7 Å². The summed E-state index contributed by atoms with van der Waals surface area (Å²) in [5, 5.41) is 0. The fourth-order valence-corrected chi connectivity index (χ4v) is 2.65. The molecule has 1 heterocycles. The van der Waals surface area contributed by atoms with E-state index in [2.05, 4.69) is 9.73 Å². The van der Waals surface area contributed by atoms with Crippen LogP contribution in [0.25, 0.3) is 0 Å². The second-order valence-corrected chi connectivity index (χ2v) is 6.59. The molecule has 0 aliphatic rings. The molecule has 0 aliphatic heterocycles. The van der Waals surface area contributed by atoms with Crippen LogP contribution in [0.4, 0.5) is 5.82 Å². The predicted molar refractivity (Wildman–Crippen MR) is 108 cm³/mol. The van der Waals surface area contributed by atoms with Crippen molar-refractivity contribution in [1.82, 2.24) is 14.0 Å². The van der Waals surface area contributed by atoms with Gasteiger partial charge >= 0.3 is 11.7 Å². The van der Waals surface area contributed by atoms with Crippen LogP contribution in [-0.4, -0.2) is 47.5 Å². The number of esters is 1. The van der Waals surface area contributed by atoms with E-state index in [-0.39, 0.29) is 18.9 Å². The quantitative estimate of drug-likeness (QED) is 0.283. The number of benzene rings is 1. The first-order chi connectivity index (χ1) is 13.4. The molecule has 0 unspecified atom stereocenters. The highest BCUT2D eigenvalue weighted by molar-refractivity contribution is 5.68. The van der Waals surface area contributed by atoms with Gasteiger partial charge in [0.25, 0.3) is 5.56 Å². The SMILES string of the molecule is COC(=O)CCCCn1c(=O)cc(N=CN(C)C)n(Cc2ccccc2)c1=O. The third-order valence-electron chi connectivity index (χ3n) is 4.10. The topological polar surface area (TPSA) is 85.9 Å². The molecular formula is C20H26N4O4. The summed E-state index contributed by atoms with van der Waals surface area (Å²) < 4.78 is 7.28. The number of hydrogen-bond acceptors (Lipinski definition) is 5. The highest BCUT2D eigenvalue weighted by Crippen LogP contribution is 2.10. The Labute approximate surface area is 163 Å². The second-order valence-electron chi connectivity index (χ2n) is 6.59. The van der Waals surface area contributed by atoms with Gasteiger partial charge in [0.2, 0.25) is 0 Å². The minimum Gasteiger partial charge on any atom is -0.469 e. The summed E-state index contributed by atoms with van der Waals surface area (Å²) >= 11 is 0. The molecule has 0 N–H and O–H groups in total. The number of carbonyl (C=O) groups excluding carboxylic acids is 1. The third-order valence-corrected chi connectivity index (χ3v) is 4.10. The molecule has 1 aromatic carbocycles. The lowest BCUT2D eigenvalue weighted by Gasteiger charge is -2.14. The Hall–Kier alpha value is -3.16. The summed E-state index contributed by atoms with van der Waals surface area (Å²) in [7, 11) is 4.96. The Morgan fingerprint density at radius 3 is 2.50 bits per heavy atom. The number of aliphatic imine (C=N–C) groups is 1. The van der Waals surface area contributed by atoms with Crippen molar-refractivity contribution < 1.29 is 9.53 Å². The molecule has 0 bridgehead atoms. The first-order valence-corrected chi connectivity index (χ1v) is 9.08. The molecule has 8 nitrogen and oxygen atoms in total. The van der Waals surface area contributed by atoms with Crippen LogP contribution in [0.5, 0.6) is 0 Å². The molecular weight excluding hydrogens is 360 g/mol. The highest BCUT2D eigenvalue weighted by atomic mass is 16.5. The molecule has 2 rings (SSSR count). The Balaban J connectivity index is 2.34. The maximum atomic E-state index is 13.0. The van der Waals surface area contributed by atoms with Crippen LogP contribution < -0.4 is 11.2 Å². The van der Waals surface area contributed by atoms with Gasteiger partial charge in [0.05, 0.1) is 20.0 Å². The van der Waals surface area contributed by atoms with Gasteiger partial charge in [-0.2, -0.15) is 0 Å². The highest BCUT2D eigenvalue weighted by Gasteiger charge is 2.12. The largest absolute Gasteiger partial charge is 0.469 e. The lowest BCUT2D eigenvalue weighted by Crippen LogP contribution is -2.39. The molecule has 0 saturated carbocycles. The normalized spacial score (nSPS) is 11.0. The molecule has 1 aromatic heterocycles. The minimum absolute atomic E-state index is 0.237. The van der Waals surface area contributed by atoms with Crippen molar-refractivity contribution in [3.63, 3.8) is 0 Å². The second kappa shape index (κ2) is 10.2. The first kappa shape index (κ1) is 21.1. The van der Waals surface area contributed by atoms with Crippen LogP contribution in [-0.2, 0) is 22.6 Å². The fourth-order valence-electron chi connectivity index (χ4n) is 2.65. The Morgan fingerprint density at radius 2 is 1.86 bits per heavy atom. The zero-order chi connectivity index (χ0) is 20.5. The zero-order valence-electron chi connectivity index (χ0n) is 16.5. The standard InChI is InChI=1S/C20H26N4O4/c1-22(2)15-21-17-13-18(25)23(12-8-7-11-19(26)28-3)20(27)24(17)14-16-9-5-4-6-10-16/h4-6,9-10,13,15H,7-8,11-12,14H2,1-3H3. The predicted octanol–water partition coefficient (Wildman–Crippen LogP) is 1.62. The van der Waals surface area contributed by atoms with Crippen LogP contribution in [0, 0.1) is 0 Å². The van der Waals surface area contributed by atoms with Gasteiger partial charge in [-0.15, -0.1) is 0 Å². The monoisotopic (exact) mass is 386 g/mol. The summed E-state index contributed by atoms with van der Waals surface area (Å²) in [5.41, 5.74) is 0.111. The Morgan fingerprint density at radius 1 is 1.14 bits per heavy atom. The molecule has 0 amide bonds. The first-order valence-electron chi connectivity index (χ1n) is 9.08. The Bertz CT molecular complexity index is 929. The summed E-state index contributed by atoms with van der Waals surface area (Å²) in [6.45, 7) is 0.545. The lowest BCUT2D eigenvalue weighted by atomic mass is 10.2. The van der Waals surface area contributed by atoms with E-state index >= 15 is 0 Å². The van der Waals surface area contributed by atoms with Gasteiger partial charge in [-0.1, -0.05) is 30.3 Å². The van der Waals surface area contributed by atoms with Crippen LogP contribution in [0.15, 0.2) is 51.0 Å². The molecule has 0 saturated heterocycles. The zero-order valence-corrected chi connectivity index (χ0v) is 16.5. The lowest BCUT2D eigenvalue weighted by molar-refractivity contribution is -0.140. The molecule has 150 valence electrons. The molecule has 0 aliphatic carbocycles. The number of hydrogen-bond donors (Lipinski definition) is 0. The van der Waals surface area contributed by atoms with E-state index < -0.39 is 11.2 Å². The van der Waals surface area contributed by atoms with Crippen LogP contribution in [0.2, 0.25) is 0 Å². The van der Waals surface area contributed by atoms with Gasteiger partial charge in [0.1, 0.15) is 5.82 Å². The van der Waals surface area contributed by atoms with Gasteiger partial charge in [0.15, 0.2) is 0 Å². The van der Waals surface area contributed by atoms with Gasteiger partial charge in [-0.25, -0.2) is 9.79 Å². The maximum Gasteiger partial charge on any atom is 0.332 e. The number of nitrogens with zero attached hydrogens (tertiary/aromatic N) is 4. The van der Waals surface area contributed by atoms with Gasteiger partial charge < -0.3 is 9.64 Å². The number of unbranched alkanes of at least 4 members (excludes halogenated alkanes) is 1. The van der Waals surface area contributed by atoms with E-state index in [0.29, 0.717) is 25.2 Å². The molecule has 8 heteroatoms. The molecule has 0 atom stereocenters. The van der Waals surface area contributed by atoms with Gasteiger partial charge in [0, 0.05) is 33.1 Å². The molecule has 0 radical (unpaired) electrons. The summed E-state index contributed by atoms with van der Waals surface area (Å²) in [6.07, 6.45) is 2.87. The molecule has 0 fully saturated rings. The Kier molecular flexibility index (Phi) is 7.74. The number of rotatable bonds is 9. The van der Waals surface area contributed by atoms with E-state index in [1.54, 1.807) is 11.2 Å². The minimum atomic E-state index is -0.416. The van der Waals surface area contributed by atoms with Crippen molar-refractivity contribution in [3.05, 3.63) is 62.8 Å². The molecule has 28 heavy (non-hydrogen) atoms. The van der Waals surface area contributed by atoms with Crippen molar-refractivity contribution in [2.75, 3.05) is 21.2 Å². The van der Waals surface area contributed by atoms with E-state index in [0.717, 1.165) is 5.56 Å². The maximum absolute atomic E-state index is 13.0. The van der Waals surface area contributed by atoms with Crippen LogP contribution in [0.3, 0.4) is 0 Å².